The molecule has 0 aliphatic carbocycles. The predicted molar refractivity (Wildman–Crippen MR) is 117 cm³/mol. The molecule has 0 spiro atoms. The zero-order valence-corrected chi connectivity index (χ0v) is 16.6. The SMILES string of the molecule is CCNC(=NCCCNc1ccccc1)N1CCN(c2ccccc2O)CC1. The zero-order valence-electron chi connectivity index (χ0n) is 16.6. The summed E-state index contributed by atoms with van der Waals surface area (Å²) >= 11 is 0. The van der Waals surface area contributed by atoms with Crippen LogP contribution in [0.3, 0.4) is 0 Å². The lowest BCUT2D eigenvalue weighted by atomic mass is 10.2. The van der Waals surface area contributed by atoms with Crippen LogP contribution in [0.5, 0.6) is 5.75 Å². The van der Waals surface area contributed by atoms with Crippen molar-refractivity contribution < 1.29 is 5.11 Å². The molecule has 28 heavy (non-hydrogen) atoms. The Hall–Kier alpha value is -2.89. The fourth-order valence-electron chi connectivity index (χ4n) is 3.37. The maximum Gasteiger partial charge on any atom is 0.194 e. The summed E-state index contributed by atoms with van der Waals surface area (Å²) in [7, 11) is 0. The van der Waals surface area contributed by atoms with Crippen LogP contribution >= 0.6 is 0 Å². The number of aliphatic imine (C=N–C) groups is 1. The quantitative estimate of drug-likeness (QED) is 0.391. The highest BCUT2D eigenvalue weighted by Gasteiger charge is 2.21. The third-order valence-electron chi connectivity index (χ3n) is 4.84. The van der Waals surface area contributed by atoms with Gasteiger partial charge in [-0.05, 0) is 37.6 Å². The van der Waals surface area contributed by atoms with E-state index >= 15 is 0 Å². The molecule has 1 aliphatic heterocycles. The van der Waals surface area contributed by atoms with Crippen molar-refractivity contribution in [2.75, 3.05) is 56.0 Å². The highest BCUT2D eigenvalue weighted by atomic mass is 16.3. The van der Waals surface area contributed by atoms with E-state index in [9.17, 15) is 5.11 Å². The van der Waals surface area contributed by atoms with Gasteiger partial charge in [0.15, 0.2) is 5.96 Å². The second kappa shape index (κ2) is 10.4. The van der Waals surface area contributed by atoms with Crippen LogP contribution in [0.2, 0.25) is 0 Å². The van der Waals surface area contributed by atoms with Gasteiger partial charge < -0.3 is 25.5 Å². The first-order valence-electron chi connectivity index (χ1n) is 10.1. The Morgan fingerprint density at radius 2 is 1.71 bits per heavy atom. The molecule has 1 aliphatic rings. The Bertz CT molecular complexity index is 742. The number of nitrogens with zero attached hydrogens (tertiary/aromatic N) is 3. The van der Waals surface area contributed by atoms with E-state index < -0.39 is 0 Å². The molecule has 0 atom stereocenters. The van der Waals surface area contributed by atoms with Crippen molar-refractivity contribution in [3.63, 3.8) is 0 Å². The van der Waals surface area contributed by atoms with Crippen molar-refractivity contribution in [2.24, 2.45) is 4.99 Å². The summed E-state index contributed by atoms with van der Waals surface area (Å²) in [5.41, 5.74) is 2.06. The largest absolute Gasteiger partial charge is 0.506 e. The monoisotopic (exact) mass is 381 g/mol. The van der Waals surface area contributed by atoms with Crippen LogP contribution in [0.25, 0.3) is 0 Å². The van der Waals surface area contributed by atoms with Crippen molar-refractivity contribution in [3.8, 4) is 5.75 Å². The minimum atomic E-state index is 0.349. The van der Waals surface area contributed by atoms with Crippen LogP contribution in [0.1, 0.15) is 13.3 Å². The van der Waals surface area contributed by atoms with Crippen molar-refractivity contribution in [1.29, 1.82) is 0 Å². The van der Waals surface area contributed by atoms with Gasteiger partial charge in [-0.25, -0.2) is 0 Å². The van der Waals surface area contributed by atoms with E-state index in [0.717, 1.165) is 69.6 Å². The minimum absolute atomic E-state index is 0.349. The number of rotatable bonds is 7. The first-order valence-corrected chi connectivity index (χ1v) is 10.1. The van der Waals surface area contributed by atoms with E-state index in [0.29, 0.717) is 5.75 Å². The van der Waals surface area contributed by atoms with Crippen molar-refractivity contribution in [3.05, 3.63) is 54.6 Å². The molecule has 1 heterocycles. The van der Waals surface area contributed by atoms with Crippen LogP contribution in [0.4, 0.5) is 11.4 Å². The first-order chi connectivity index (χ1) is 13.8. The van der Waals surface area contributed by atoms with Crippen LogP contribution in [-0.4, -0.2) is 61.8 Å². The summed E-state index contributed by atoms with van der Waals surface area (Å²) in [6.07, 6.45) is 0.988. The molecule has 6 heteroatoms. The molecule has 0 amide bonds. The number of phenols is 1. The average Bonchev–Trinajstić information content (AvgIpc) is 2.74. The molecule has 1 fully saturated rings. The van der Waals surface area contributed by atoms with Crippen LogP contribution < -0.4 is 15.5 Å². The van der Waals surface area contributed by atoms with Crippen LogP contribution in [0.15, 0.2) is 59.6 Å². The van der Waals surface area contributed by atoms with Gasteiger partial charge in [0.2, 0.25) is 0 Å². The normalized spacial score (nSPS) is 14.8. The number of para-hydroxylation sites is 3. The lowest BCUT2D eigenvalue weighted by Gasteiger charge is -2.37. The van der Waals surface area contributed by atoms with E-state index in [1.165, 1.54) is 0 Å². The number of piperazine rings is 1. The smallest absolute Gasteiger partial charge is 0.194 e. The van der Waals surface area contributed by atoms with E-state index in [1.807, 2.05) is 36.4 Å². The van der Waals surface area contributed by atoms with Gasteiger partial charge in [0.05, 0.1) is 5.69 Å². The molecule has 150 valence electrons. The molecule has 0 aromatic heterocycles. The second-order valence-electron chi connectivity index (χ2n) is 6.84. The molecule has 2 aromatic carbocycles. The molecule has 0 saturated carbocycles. The van der Waals surface area contributed by atoms with Gasteiger partial charge >= 0.3 is 0 Å². The maximum atomic E-state index is 10.1. The highest BCUT2D eigenvalue weighted by Crippen LogP contribution is 2.27. The molecule has 3 rings (SSSR count). The molecule has 2 aromatic rings. The molecule has 3 N–H and O–H groups in total. The Balaban J connectivity index is 1.47. The van der Waals surface area contributed by atoms with Gasteiger partial charge in [0.25, 0.3) is 0 Å². The van der Waals surface area contributed by atoms with Crippen LogP contribution in [0, 0.1) is 0 Å². The fourth-order valence-corrected chi connectivity index (χ4v) is 3.37. The Kier molecular flexibility index (Phi) is 7.41. The highest BCUT2D eigenvalue weighted by molar-refractivity contribution is 5.80. The molecular formula is C22H31N5O. The molecule has 0 radical (unpaired) electrons. The van der Waals surface area contributed by atoms with Crippen molar-refractivity contribution in [2.45, 2.75) is 13.3 Å². The summed E-state index contributed by atoms with van der Waals surface area (Å²) in [5, 5.41) is 16.9. The molecule has 1 saturated heterocycles. The fraction of sp³-hybridized carbons (Fsp3) is 0.409. The zero-order chi connectivity index (χ0) is 19.6. The van der Waals surface area contributed by atoms with E-state index in [2.05, 4.69) is 39.5 Å². The number of phenolic OH excluding ortho intramolecular Hbond substituents is 1. The number of anilines is 2. The third kappa shape index (κ3) is 5.55. The lowest BCUT2D eigenvalue weighted by molar-refractivity contribution is 0.370. The number of guanidine groups is 1. The number of hydrogen-bond donors (Lipinski definition) is 3. The summed E-state index contributed by atoms with van der Waals surface area (Å²) in [6, 6.07) is 17.8. The average molecular weight is 382 g/mol. The summed E-state index contributed by atoms with van der Waals surface area (Å²) in [6.45, 7) is 8.20. The second-order valence-corrected chi connectivity index (χ2v) is 6.84. The topological polar surface area (TPSA) is 63.1 Å². The van der Waals surface area contributed by atoms with E-state index in [-0.39, 0.29) is 0 Å². The third-order valence-corrected chi connectivity index (χ3v) is 4.84. The van der Waals surface area contributed by atoms with E-state index in [4.69, 9.17) is 4.99 Å². The number of nitrogens with one attached hydrogen (secondary N) is 2. The van der Waals surface area contributed by atoms with Gasteiger partial charge in [-0.1, -0.05) is 30.3 Å². The lowest BCUT2D eigenvalue weighted by Crippen LogP contribution is -2.52. The van der Waals surface area contributed by atoms with Gasteiger partial charge in [-0.2, -0.15) is 0 Å². The number of benzene rings is 2. The molecule has 0 bridgehead atoms. The minimum Gasteiger partial charge on any atom is -0.506 e. The summed E-state index contributed by atoms with van der Waals surface area (Å²) in [5.74, 6) is 1.33. The van der Waals surface area contributed by atoms with Gasteiger partial charge in [-0.3, -0.25) is 4.99 Å². The molecule has 6 nitrogen and oxygen atoms in total. The van der Waals surface area contributed by atoms with E-state index in [1.54, 1.807) is 6.07 Å². The molecular weight excluding hydrogens is 350 g/mol. The standard InChI is InChI=1S/C22H31N5O/c1-2-23-22(25-14-8-13-24-19-9-4-3-5-10-19)27-17-15-26(16-18-27)20-11-6-7-12-21(20)28/h3-7,9-12,24,28H,2,8,13-18H2,1H3,(H,23,25). The molecule has 0 unspecified atom stereocenters. The van der Waals surface area contributed by atoms with Gasteiger partial charge in [0.1, 0.15) is 5.75 Å². The Labute approximate surface area is 167 Å². The maximum absolute atomic E-state index is 10.1. The van der Waals surface area contributed by atoms with Crippen molar-refractivity contribution >= 4 is 17.3 Å². The summed E-state index contributed by atoms with van der Waals surface area (Å²) in [4.78, 5) is 9.35. The van der Waals surface area contributed by atoms with Gasteiger partial charge in [-0.15, -0.1) is 0 Å². The van der Waals surface area contributed by atoms with Gasteiger partial charge in [0, 0.05) is 51.5 Å². The Morgan fingerprint density at radius 1 is 1.00 bits per heavy atom. The van der Waals surface area contributed by atoms with Crippen molar-refractivity contribution in [1.82, 2.24) is 10.2 Å². The number of aromatic hydroxyl groups is 1. The Morgan fingerprint density at radius 3 is 2.43 bits per heavy atom. The first kappa shape index (κ1) is 19.9. The van der Waals surface area contributed by atoms with Crippen LogP contribution in [-0.2, 0) is 0 Å². The predicted octanol–water partition coefficient (Wildman–Crippen LogP) is 2.98. The summed E-state index contributed by atoms with van der Waals surface area (Å²) < 4.78 is 0. The number of hydrogen-bond acceptors (Lipinski definition) is 4.